The molecule has 24 heavy (non-hydrogen) atoms. The molecule has 2 aromatic rings. The Morgan fingerprint density at radius 3 is 2.71 bits per heavy atom. The summed E-state index contributed by atoms with van der Waals surface area (Å²) in [5.41, 5.74) is 3.71. The molecule has 128 valence electrons. The summed E-state index contributed by atoms with van der Waals surface area (Å²) in [6.07, 6.45) is 0. The predicted octanol–water partition coefficient (Wildman–Crippen LogP) is 3.52. The second-order valence-corrected chi connectivity index (χ2v) is 5.92. The number of nitrogens with one attached hydrogen (secondary N) is 1. The van der Waals surface area contributed by atoms with Crippen molar-refractivity contribution in [3.63, 3.8) is 0 Å². The van der Waals surface area contributed by atoms with Crippen molar-refractivity contribution in [1.29, 1.82) is 0 Å². The number of halogens is 1. The van der Waals surface area contributed by atoms with E-state index in [4.69, 9.17) is 4.74 Å². The minimum atomic E-state index is -0.320. The number of ether oxygens (including phenoxy) is 1. The van der Waals surface area contributed by atoms with Crippen LogP contribution in [0.5, 0.6) is 5.75 Å². The van der Waals surface area contributed by atoms with E-state index in [2.05, 4.69) is 5.32 Å². The van der Waals surface area contributed by atoms with Gasteiger partial charge in [0, 0.05) is 17.8 Å². The molecule has 0 unspecified atom stereocenters. The summed E-state index contributed by atoms with van der Waals surface area (Å²) < 4.78 is 18.6. The summed E-state index contributed by atoms with van der Waals surface area (Å²) in [7, 11) is 3.36. The van der Waals surface area contributed by atoms with Crippen LogP contribution in [0.25, 0.3) is 0 Å². The third-order valence-corrected chi connectivity index (χ3v) is 3.97. The number of likely N-dealkylation sites (N-methyl/N-ethyl adjacent to an activating group) is 1. The zero-order valence-corrected chi connectivity index (χ0v) is 14.5. The van der Waals surface area contributed by atoms with Gasteiger partial charge in [0.05, 0.1) is 13.7 Å². The highest BCUT2D eigenvalue weighted by atomic mass is 19.1. The topological polar surface area (TPSA) is 41.6 Å². The number of rotatable bonds is 6. The zero-order valence-electron chi connectivity index (χ0n) is 14.5. The van der Waals surface area contributed by atoms with Gasteiger partial charge in [-0.25, -0.2) is 4.39 Å². The van der Waals surface area contributed by atoms with E-state index in [1.165, 1.54) is 12.1 Å². The number of methoxy groups -OCH3 is 1. The van der Waals surface area contributed by atoms with Gasteiger partial charge in [-0.15, -0.1) is 0 Å². The first-order valence-electron chi connectivity index (χ1n) is 7.77. The van der Waals surface area contributed by atoms with Crippen molar-refractivity contribution in [3.8, 4) is 5.75 Å². The maximum Gasteiger partial charge on any atom is 0.238 e. The molecule has 0 aliphatic heterocycles. The minimum Gasteiger partial charge on any atom is -0.496 e. The summed E-state index contributed by atoms with van der Waals surface area (Å²) >= 11 is 0. The molecule has 0 saturated heterocycles. The molecular formula is C19H23FN2O2. The summed E-state index contributed by atoms with van der Waals surface area (Å²) in [5.74, 6) is 0.179. The first-order valence-corrected chi connectivity index (χ1v) is 7.77. The molecule has 0 saturated carbocycles. The quantitative estimate of drug-likeness (QED) is 0.881. The molecular weight excluding hydrogens is 307 g/mol. The van der Waals surface area contributed by atoms with Gasteiger partial charge in [0.25, 0.3) is 0 Å². The number of anilines is 1. The molecule has 0 bridgehead atoms. The van der Waals surface area contributed by atoms with Gasteiger partial charge in [-0.2, -0.15) is 0 Å². The molecule has 0 aliphatic carbocycles. The predicted molar refractivity (Wildman–Crippen MR) is 93.8 cm³/mol. The molecule has 0 heterocycles. The lowest BCUT2D eigenvalue weighted by Crippen LogP contribution is -2.30. The van der Waals surface area contributed by atoms with Crippen LogP contribution < -0.4 is 10.1 Å². The normalized spacial score (nSPS) is 10.8. The van der Waals surface area contributed by atoms with Gasteiger partial charge < -0.3 is 10.1 Å². The van der Waals surface area contributed by atoms with Crippen LogP contribution in [0.15, 0.2) is 36.4 Å². The third kappa shape index (κ3) is 4.55. The fourth-order valence-corrected chi connectivity index (χ4v) is 2.54. The highest BCUT2D eigenvalue weighted by molar-refractivity contribution is 5.93. The molecule has 4 nitrogen and oxygen atoms in total. The van der Waals surface area contributed by atoms with Crippen molar-refractivity contribution >= 4 is 11.6 Å². The number of amides is 1. The Hall–Kier alpha value is -2.40. The van der Waals surface area contributed by atoms with Crippen molar-refractivity contribution in [2.75, 3.05) is 26.0 Å². The van der Waals surface area contributed by atoms with Crippen LogP contribution in [-0.4, -0.2) is 31.5 Å². The Bertz CT molecular complexity index is 731. The summed E-state index contributed by atoms with van der Waals surface area (Å²) in [6, 6.07) is 10.2. The second kappa shape index (κ2) is 7.93. The summed E-state index contributed by atoms with van der Waals surface area (Å²) in [6.45, 7) is 4.60. The maximum atomic E-state index is 13.4. The molecule has 0 spiro atoms. The molecule has 2 rings (SSSR count). The molecule has 0 fully saturated rings. The van der Waals surface area contributed by atoms with Crippen LogP contribution in [0.4, 0.5) is 10.1 Å². The molecule has 5 heteroatoms. The largest absolute Gasteiger partial charge is 0.496 e. The number of hydrogen-bond acceptors (Lipinski definition) is 3. The highest BCUT2D eigenvalue weighted by Crippen LogP contribution is 2.21. The molecule has 1 amide bonds. The Morgan fingerprint density at radius 1 is 1.25 bits per heavy atom. The second-order valence-electron chi connectivity index (χ2n) is 5.92. The number of carbonyl (C=O) groups excluding carboxylic acids is 1. The van der Waals surface area contributed by atoms with Gasteiger partial charge in [-0.3, -0.25) is 9.69 Å². The van der Waals surface area contributed by atoms with Gasteiger partial charge in [0.2, 0.25) is 5.91 Å². The monoisotopic (exact) mass is 330 g/mol. The average Bonchev–Trinajstić information content (AvgIpc) is 2.52. The van der Waals surface area contributed by atoms with E-state index in [1.807, 2.05) is 44.0 Å². The Kier molecular flexibility index (Phi) is 5.93. The summed E-state index contributed by atoms with van der Waals surface area (Å²) in [4.78, 5) is 14.1. The van der Waals surface area contributed by atoms with Crippen LogP contribution in [0.1, 0.15) is 16.7 Å². The van der Waals surface area contributed by atoms with Crippen LogP contribution in [-0.2, 0) is 11.3 Å². The maximum absolute atomic E-state index is 13.4. The number of hydrogen-bond donors (Lipinski definition) is 1. The SMILES string of the molecule is COc1ccc(F)cc1CN(C)CC(=O)Nc1cccc(C)c1C. The Balaban J connectivity index is 1.99. The molecule has 2 aromatic carbocycles. The molecule has 1 N–H and O–H groups in total. The van der Waals surface area contributed by atoms with E-state index in [-0.39, 0.29) is 18.3 Å². The van der Waals surface area contributed by atoms with Crippen molar-refractivity contribution < 1.29 is 13.9 Å². The number of carbonyl (C=O) groups is 1. The highest BCUT2D eigenvalue weighted by Gasteiger charge is 2.12. The zero-order chi connectivity index (χ0) is 17.7. The fourth-order valence-electron chi connectivity index (χ4n) is 2.54. The van der Waals surface area contributed by atoms with Crippen molar-refractivity contribution in [2.24, 2.45) is 0 Å². The van der Waals surface area contributed by atoms with Crippen molar-refractivity contribution in [3.05, 3.63) is 58.9 Å². The van der Waals surface area contributed by atoms with E-state index in [1.54, 1.807) is 13.2 Å². The van der Waals surface area contributed by atoms with Gasteiger partial charge in [0.1, 0.15) is 11.6 Å². The van der Waals surface area contributed by atoms with E-state index in [0.29, 0.717) is 17.9 Å². The first kappa shape index (κ1) is 17.9. The van der Waals surface area contributed by atoms with E-state index >= 15 is 0 Å². The van der Waals surface area contributed by atoms with Crippen LogP contribution in [0.3, 0.4) is 0 Å². The van der Waals surface area contributed by atoms with E-state index in [0.717, 1.165) is 16.8 Å². The van der Waals surface area contributed by atoms with Crippen LogP contribution >= 0.6 is 0 Å². The van der Waals surface area contributed by atoms with Crippen molar-refractivity contribution in [1.82, 2.24) is 4.90 Å². The number of benzene rings is 2. The number of aryl methyl sites for hydroxylation is 1. The fraction of sp³-hybridized carbons (Fsp3) is 0.316. The molecule has 0 aromatic heterocycles. The van der Waals surface area contributed by atoms with Crippen LogP contribution in [0.2, 0.25) is 0 Å². The third-order valence-electron chi connectivity index (χ3n) is 3.97. The summed E-state index contributed by atoms with van der Waals surface area (Å²) in [5, 5.41) is 2.92. The van der Waals surface area contributed by atoms with Gasteiger partial charge in [-0.1, -0.05) is 12.1 Å². The van der Waals surface area contributed by atoms with Crippen LogP contribution in [0, 0.1) is 19.7 Å². The van der Waals surface area contributed by atoms with Gasteiger partial charge >= 0.3 is 0 Å². The molecule has 0 atom stereocenters. The van der Waals surface area contributed by atoms with Gasteiger partial charge in [-0.05, 0) is 56.3 Å². The lowest BCUT2D eigenvalue weighted by atomic mass is 10.1. The Morgan fingerprint density at radius 2 is 2.00 bits per heavy atom. The Labute approximate surface area is 142 Å². The lowest BCUT2D eigenvalue weighted by Gasteiger charge is -2.19. The van der Waals surface area contributed by atoms with E-state index in [9.17, 15) is 9.18 Å². The lowest BCUT2D eigenvalue weighted by molar-refractivity contribution is -0.117. The molecule has 0 aliphatic rings. The van der Waals surface area contributed by atoms with Crippen molar-refractivity contribution in [2.45, 2.75) is 20.4 Å². The minimum absolute atomic E-state index is 0.110. The average molecular weight is 330 g/mol. The van der Waals surface area contributed by atoms with E-state index < -0.39 is 0 Å². The van der Waals surface area contributed by atoms with Gasteiger partial charge in [0.15, 0.2) is 0 Å². The first-order chi connectivity index (χ1) is 11.4. The molecule has 0 radical (unpaired) electrons. The standard InChI is InChI=1S/C19H23FN2O2/c1-13-6-5-7-17(14(13)2)21-19(23)12-22(3)11-15-10-16(20)8-9-18(15)24-4/h5-10H,11-12H2,1-4H3,(H,21,23). The number of nitrogens with zero attached hydrogens (tertiary/aromatic N) is 1. The smallest absolute Gasteiger partial charge is 0.238 e.